The van der Waals surface area contributed by atoms with Crippen molar-refractivity contribution in [1.29, 1.82) is 5.26 Å². The lowest BCUT2D eigenvalue weighted by Crippen LogP contribution is -2.30. The molecular formula is C20H18N6O3. The van der Waals surface area contributed by atoms with Crippen LogP contribution >= 0.6 is 0 Å². The van der Waals surface area contributed by atoms with Crippen molar-refractivity contribution in [3.05, 3.63) is 42.4 Å². The summed E-state index contributed by atoms with van der Waals surface area (Å²) in [5.41, 5.74) is 2.76. The van der Waals surface area contributed by atoms with Crippen molar-refractivity contribution < 1.29 is 14.6 Å². The summed E-state index contributed by atoms with van der Waals surface area (Å²) in [7, 11) is 1.47. The highest BCUT2D eigenvalue weighted by Crippen LogP contribution is 2.29. The maximum Gasteiger partial charge on any atom is 0.407 e. The van der Waals surface area contributed by atoms with E-state index in [-0.39, 0.29) is 11.9 Å². The molecule has 0 bridgehead atoms. The Morgan fingerprint density at radius 1 is 1.31 bits per heavy atom. The smallest absolute Gasteiger partial charge is 0.407 e. The quantitative estimate of drug-likeness (QED) is 0.697. The number of likely N-dealkylation sites (tertiary alicyclic amines) is 1. The van der Waals surface area contributed by atoms with E-state index in [9.17, 15) is 10.1 Å². The van der Waals surface area contributed by atoms with E-state index in [2.05, 4.69) is 26.3 Å². The Morgan fingerprint density at radius 3 is 2.90 bits per heavy atom. The van der Waals surface area contributed by atoms with Gasteiger partial charge in [0.05, 0.1) is 12.6 Å². The summed E-state index contributed by atoms with van der Waals surface area (Å²) in [6.07, 6.45) is 2.94. The van der Waals surface area contributed by atoms with Gasteiger partial charge in [0.25, 0.3) is 0 Å². The predicted octanol–water partition coefficient (Wildman–Crippen LogP) is 2.74. The zero-order chi connectivity index (χ0) is 20.4. The third kappa shape index (κ3) is 3.60. The summed E-state index contributed by atoms with van der Waals surface area (Å²) in [5.74, 6) is 0.933. The Labute approximate surface area is 166 Å². The van der Waals surface area contributed by atoms with Gasteiger partial charge in [-0.05, 0) is 30.2 Å². The molecule has 4 rings (SSSR count). The highest BCUT2D eigenvalue weighted by Gasteiger charge is 2.26. The first-order valence-electron chi connectivity index (χ1n) is 9.02. The highest BCUT2D eigenvalue weighted by atomic mass is 16.5. The molecule has 1 saturated heterocycles. The lowest BCUT2D eigenvalue weighted by atomic mass is 10.0. The number of carbonyl (C=O) groups is 1. The number of rotatable bonds is 4. The monoisotopic (exact) mass is 390 g/mol. The van der Waals surface area contributed by atoms with E-state index < -0.39 is 6.09 Å². The molecular weight excluding hydrogens is 372 g/mol. The predicted molar refractivity (Wildman–Crippen MR) is 106 cm³/mol. The number of nitriles is 1. The van der Waals surface area contributed by atoms with Gasteiger partial charge in [-0.3, -0.25) is 0 Å². The molecule has 0 spiro atoms. The number of aromatic nitrogens is 3. The van der Waals surface area contributed by atoms with Crippen LogP contribution in [-0.2, 0) is 0 Å². The number of carboxylic acid groups (broad SMARTS) is 1. The molecule has 1 aliphatic heterocycles. The van der Waals surface area contributed by atoms with Gasteiger partial charge in [0.15, 0.2) is 0 Å². The number of benzene rings is 1. The number of fused-ring (bicyclic) bond motifs is 1. The van der Waals surface area contributed by atoms with Gasteiger partial charge in [0.1, 0.15) is 23.8 Å². The molecule has 1 aromatic carbocycles. The number of ether oxygens (including phenoxy) is 1. The lowest BCUT2D eigenvalue weighted by Gasteiger charge is -2.16. The molecule has 2 N–H and O–H groups in total. The first-order valence-corrected chi connectivity index (χ1v) is 9.02. The van der Waals surface area contributed by atoms with Crippen LogP contribution in [-0.4, -0.2) is 57.3 Å². The largest absolute Gasteiger partial charge is 0.480 e. The number of pyridine rings is 1. The molecule has 9 heteroatoms. The summed E-state index contributed by atoms with van der Waals surface area (Å²) in [6, 6.07) is 9.53. The normalized spacial score (nSPS) is 15.9. The van der Waals surface area contributed by atoms with Crippen molar-refractivity contribution in [2.24, 2.45) is 0 Å². The van der Waals surface area contributed by atoms with Gasteiger partial charge in [0, 0.05) is 36.3 Å². The van der Waals surface area contributed by atoms with Crippen LogP contribution in [0.3, 0.4) is 0 Å². The van der Waals surface area contributed by atoms with Crippen molar-refractivity contribution in [1.82, 2.24) is 19.9 Å². The molecule has 3 aromatic rings. The van der Waals surface area contributed by atoms with Gasteiger partial charge < -0.3 is 20.1 Å². The maximum absolute atomic E-state index is 11.1. The second-order valence-corrected chi connectivity index (χ2v) is 6.71. The second kappa shape index (κ2) is 7.59. The van der Waals surface area contributed by atoms with Gasteiger partial charge in [-0.15, -0.1) is 0 Å². The Balaban J connectivity index is 1.68. The van der Waals surface area contributed by atoms with Crippen molar-refractivity contribution in [3.8, 4) is 23.1 Å². The van der Waals surface area contributed by atoms with Crippen LogP contribution in [0.2, 0.25) is 0 Å². The molecule has 1 fully saturated rings. The molecule has 1 amide bonds. The van der Waals surface area contributed by atoms with Gasteiger partial charge in [-0.25, -0.2) is 19.7 Å². The molecule has 1 aliphatic rings. The number of amides is 1. The molecule has 146 valence electrons. The van der Waals surface area contributed by atoms with E-state index in [1.54, 1.807) is 12.3 Å². The van der Waals surface area contributed by atoms with Crippen LogP contribution in [0.15, 0.2) is 36.8 Å². The molecule has 9 nitrogen and oxygen atoms in total. The number of nitrogens with zero attached hydrogens (tertiary/aromatic N) is 5. The van der Waals surface area contributed by atoms with Crippen LogP contribution in [0.1, 0.15) is 12.0 Å². The van der Waals surface area contributed by atoms with Crippen LogP contribution in [0.5, 0.6) is 5.88 Å². The van der Waals surface area contributed by atoms with E-state index in [0.717, 1.165) is 22.0 Å². The van der Waals surface area contributed by atoms with Crippen LogP contribution < -0.4 is 10.1 Å². The molecule has 2 aromatic heterocycles. The second-order valence-electron chi connectivity index (χ2n) is 6.71. The summed E-state index contributed by atoms with van der Waals surface area (Å²) >= 11 is 0. The fourth-order valence-electron chi connectivity index (χ4n) is 3.45. The Bertz CT molecular complexity index is 1130. The van der Waals surface area contributed by atoms with Crippen molar-refractivity contribution in [3.63, 3.8) is 0 Å². The minimum Gasteiger partial charge on any atom is -0.480 e. The average Bonchev–Trinajstić information content (AvgIpc) is 3.22. The minimum absolute atomic E-state index is 0.0132. The van der Waals surface area contributed by atoms with E-state index in [1.807, 2.05) is 18.2 Å². The maximum atomic E-state index is 11.1. The average molecular weight is 390 g/mol. The number of hydrogen-bond donors (Lipinski definition) is 2. The molecule has 0 aliphatic carbocycles. The number of nitrogens with one attached hydrogen (secondary N) is 1. The number of methoxy groups -OCH3 is 1. The third-order valence-corrected chi connectivity index (χ3v) is 4.93. The van der Waals surface area contributed by atoms with Gasteiger partial charge in [-0.2, -0.15) is 5.26 Å². The SMILES string of the molecule is COc1ncc(-c2ccc3ncnc(NC4CCN(C(=O)O)C4)c3c2)cc1C#N. The Kier molecular flexibility index (Phi) is 4.83. The zero-order valence-corrected chi connectivity index (χ0v) is 15.7. The summed E-state index contributed by atoms with van der Waals surface area (Å²) in [4.78, 5) is 25.4. The standard InChI is InChI=1S/C20H18N6O3/c1-29-19-13(8-21)6-14(9-22-19)12-2-3-17-16(7-12)18(24-11-23-17)25-15-4-5-26(10-15)20(27)28/h2-3,6-7,9,11,15H,4-5,10H2,1H3,(H,27,28)(H,23,24,25). The summed E-state index contributed by atoms with van der Waals surface area (Å²) < 4.78 is 5.11. The van der Waals surface area contributed by atoms with E-state index in [4.69, 9.17) is 9.84 Å². The fourth-order valence-corrected chi connectivity index (χ4v) is 3.45. The van der Waals surface area contributed by atoms with E-state index >= 15 is 0 Å². The van der Waals surface area contributed by atoms with Crippen molar-refractivity contribution in [2.75, 3.05) is 25.5 Å². The van der Waals surface area contributed by atoms with Gasteiger partial charge >= 0.3 is 6.09 Å². The first-order chi connectivity index (χ1) is 14.1. The highest BCUT2D eigenvalue weighted by molar-refractivity contribution is 5.92. The van der Waals surface area contributed by atoms with Crippen LogP contribution in [0.4, 0.5) is 10.6 Å². The molecule has 3 heterocycles. The summed E-state index contributed by atoms with van der Waals surface area (Å²) in [5, 5.41) is 22.6. The van der Waals surface area contributed by atoms with Crippen LogP contribution in [0.25, 0.3) is 22.0 Å². The van der Waals surface area contributed by atoms with E-state index in [1.165, 1.54) is 18.3 Å². The zero-order valence-electron chi connectivity index (χ0n) is 15.7. The molecule has 1 unspecified atom stereocenters. The Morgan fingerprint density at radius 2 is 2.17 bits per heavy atom. The van der Waals surface area contributed by atoms with E-state index in [0.29, 0.717) is 30.9 Å². The Hall–Kier alpha value is -3.93. The minimum atomic E-state index is -0.913. The van der Waals surface area contributed by atoms with Crippen molar-refractivity contribution >= 4 is 22.8 Å². The number of anilines is 1. The topological polar surface area (TPSA) is 124 Å². The molecule has 0 saturated carbocycles. The van der Waals surface area contributed by atoms with Crippen molar-refractivity contribution in [2.45, 2.75) is 12.5 Å². The fraction of sp³-hybridized carbons (Fsp3) is 0.250. The third-order valence-electron chi connectivity index (χ3n) is 4.93. The first kappa shape index (κ1) is 18.4. The van der Waals surface area contributed by atoms with Crippen LogP contribution in [0, 0.1) is 11.3 Å². The summed E-state index contributed by atoms with van der Waals surface area (Å²) in [6.45, 7) is 0.907. The molecule has 29 heavy (non-hydrogen) atoms. The van der Waals surface area contributed by atoms with Gasteiger partial charge in [-0.1, -0.05) is 6.07 Å². The lowest BCUT2D eigenvalue weighted by molar-refractivity contribution is 0.155. The van der Waals surface area contributed by atoms with Gasteiger partial charge in [0.2, 0.25) is 5.88 Å². The molecule has 0 radical (unpaired) electrons. The molecule has 1 atom stereocenters. The number of hydrogen-bond acceptors (Lipinski definition) is 7.